The van der Waals surface area contributed by atoms with Crippen molar-refractivity contribution in [3.8, 4) is 0 Å². The van der Waals surface area contributed by atoms with Gasteiger partial charge in [-0.15, -0.1) is 0 Å². The summed E-state index contributed by atoms with van der Waals surface area (Å²) >= 11 is 0. The molecule has 2 aliphatic heterocycles. The molecule has 1 saturated heterocycles. The van der Waals surface area contributed by atoms with Crippen molar-refractivity contribution in [3.63, 3.8) is 0 Å². The van der Waals surface area contributed by atoms with Gasteiger partial charge in [0.1, 0.15) is 6.61 Å². The number of carbonyl (C=O) groups is 3. The number of nitrogens with one attached hydrogen (secondary N) is 2. The predicted molar refractivity (Wildman–Crippen MR) is 117 cm³/mol. The molecule has 1 amide bonds. The van der Waals surface area contributed by atoms with Crippen molar-refractivity contribution in [1.82, 2.24) is 15.5 Å². The third-order valence-corrected chi connectivity index (χ3v) is 6.10. The van der Waals surface area contributed by atoms with Crippen molar-refractivity contribution in [2.75, 3.05) is 26.2 Å². The molecule has 2 aliphatic rings. The minimum absolute atomic E-state index is 0.0127. The fourth-order valence-corrected chi connectivity index (χ4v) is 4.46. The molecule has 2 N–H and O–H groups in total. The van der Waals surface area contributed by atoms with Crippen LogP contribution in [0.5, 0.6) is 0 Å². The van der Waals surface area contributed by atoms with Crippen LogP contribution in [0.3, 0.4) is 0 Å². The van der Waals surface area contributed by atoms with E-state index in [1.54, 1.807) is 4.90 Å². The van der Waals surface area contributed by atoms with Gasteiger partial charge in [-0.25, -0.2) is 4.79 Å². The maximum Gasteiger partial charge on any atom is 0.410 e. The number of carbonyl (C=O) groups excluding carboxylic acids is 3. The number of hydrogen-bond donors (Lipinski definition) is 2. The molecule has 2 heterocycles. The number of amides is 1. The van der Waals surface area contributed by atoms with Crippen LogP contribution < -0.4 is 10.6 Å². The first kappa shape index (κ1) is 24.5. The van der Waals surface area contributed by atoms with Crippen molar-refractivity contribution in [3.05, 3.63) is 12.2 Å². The first-order valence-corrected chi connectivity index (χ1v) is 11.3. The van der Waals surface area contributed by atoms with Crippen LogP contribution in [-0.2, 0) is 14.3 Å². The van der Waals surface area contributed by atoms with Gasteiger partial charge < -0.3 is 15.0 Å². The summed E-state index contributed by atoms with van der Waals surface area (Å²) in [4.78, 5) is 40.4. The Balaban J connectivity index is 2.27. The third-order valence-electron chi connectivity index (χ3n) is 6.10. The fourth-order valence-electron chi connectivity index (χ4n) is 4.46. The zero-order chi connectivity index (χ0) is 22.4. The van der Waals surface area contributed by atoms with Crippen LogP contribution in [0.4, 0.5) is 4.79 Å². The van der Waals surface area contributed by atoms with Crippen LogP contribution >= 0.6 is 0 Å². The number of nitrogens with zero attached hydrogens (tertiary/aromatic N) is 1. The molecule has 0 aromatic rings. The molecule has 0 saturated carbocycles. The second-order valence-corrected chi connectivity index (χ2v) is 9.47. The summed E-state index contributed by atoms with van der Waals surface area (Å²) in [6.07, 6.45) is 7.40. The molecule has 0 unspecified atom stereocenters. The van der Waals surface area contributed by atoms with Crippen molar-refractivity contribution in [2.24, 2.45) is 5.92 Å². The average Bonchev–Trinajstić information content (AvgIpc) is 3.11. The van der Waals surface area contributed by atoms with Crippen molar-refractivity contribution < 1.29 is 19.1 Å². The number of ketones is 2. The highest BCUT2D eigenvalue weighted by Gasteiger charge is 2.47. The maximum atomic E-state index is 13.4. The molecule has 0 aromatic heterocycles. The first-order valence-electron chi connectivity index (χ1n) is 11.3. The van der Waals surface area contributed by atoms with Gasteiger partial charge in [0.2, 0.25) is 0 Å². The third kappa shape index (κ3) is 6.14. The van der Waals surface area contributed by atoms with Crippen molar-refractivity contribution in [2.45, 2.75) is 83.8 Å². The van der Waals surface area contributed by atoms with Gasteiger partial charge in [0.05, 0.1) is 17.6 Å². The van der Waals surface area contributed by atoms with Gasteiger partial charge in [-0.1, -0.05) is 32.4 Å². The summed E-state index contributed by atoms with van der Waals surface area (Å²) in [5, 5.41) is 6.71. The summed E-state index contributed by atoms with van der Waals surface area (Å²) < 4.78 is 5.35. The zero-order valence-corrected chi connectivity index (χ0v) is 19.3. The molecule has 2 rings (SSSR count). The highest BCUT2D eigenvalue weighted by atomic mass is 16.6. The lowest BCUT2D eigenvalue weighted by Crippen LogP contribution is -2.61. The Morgan fingerprint density at radius 1 is 1.17 bits per heavy atom. The summed E-state index contributed by atoms with van der Waals surface area (Å²) in [5.74, 6) is 0.0123. The first-order chi connectivity index (χ1) is 14.1. The molecular weight excluding hydrogens is 382 g/mol. The van der Waals surface area contributed by atoms with Crippen LogP contribution in [0, 0.1) is 5.92 Å². The van der Waals surface area contributed by atoms with Gasteiger partial charge >= 0.3 is 6.09 Å². The fraction of sp³-hybridized carbons (Fsp3) is 0.783. The van der Waals surface area contributed by atoms with Crippen molar-refractivity contribution in [1.29, 1.82) is 0 Å². The molecule has 0 radical (unpaired) electrons. The Kier molecular flexibility index (Phi) is 8.62. The van der Waals surface area contributed by atoms with Gasteiger partial charge in [-0.05, 0) is 46.5 Å². The monoisotopic (exact) mass is 421 g/mol. The van der Waals surface area contributed by atoms with Gasteiger partial charge in [-0.3, -0.25) is 14.9 Å². The predicted octanol–water partition coefficient (Wildman–Crippen LogP) is 2.84. The van der Waals surface area contributed by atoms with Crippen LogP contribution in [0.25, 0.3) is 0 Å². The van der Waals surface area contributed by atoms with Gasteiger partial charge in [0.25, 0.3) is 0 Å². The molecule has 2 bridgehead atoms. The normalized spacial score (nSPS) is 29.5. The van der Waals surface area contributed by atoms with E-state index in [2.05, 4.69) is 10.6 Å². The van der Waals surface area contributed by atoms with E-state index in [-0.39, 0.29) is 49.3 Å². The molecular formula is C23H39N3O4. The Labute approximate surface area is 181 Å². The highest BCUT2D eigenvalue weighted by molar-refractivity contribution is 5.94. The van der Waals surface area contributed by atoms with E-state index in [4.69, 9.17) is 4.74 Å². The Bertz CT molecular complexity index is 661. The van der Waals surface area contributed by atoms with Gasteiger partial charge in [0.15, 0.2) is 11.6 Å². The lowest BCUT2D eigenvalue weighted by molar-refractivity contribution is -0.129. The van der Waals surface area contributed by atoms with E-state index in [9.17, 15) is 14.4 Å². The van der Waals surface area contributed by atoms with Crippen LogP contribution in [0.1, 0.15) is 66.7 Å². The quantitative estimate of drug-likeness (QED) is 0.679. The van der Waals surface area contributed by atoms with E-state index in [1.165, 1.54) is 0 Å². The molecule has 0 aliphatic carbocycles. The van der Waals surface area contributed by atoms with E-state index in [0.29, 0.717) is 19.4 Å². The summed E-state index contributed by atoms with van der Waals surface area (Å²) in [6.45, 7) is 10.8. The molecule has 1 fully saturated rings. The van der Waals surface area contributed by atoms with Crippen molar-refractivity contribution >= 4 is 17.7 Å². The van der Waals surface area contributed by atoms with E-state index in [1.807, 2.05) is 46.8 Å². The van der Waals surface area contributed by atoms with E-state index in [0.717, 1.165) is 19.3 Å². The number of rotatable bonds is 4. The Morgan fingerprint density at radius 3 is 2.57 bits per heavy atom. The summed E-state index contributed by atoms with van der Waals surface area (Å²) in [6, 6.07) is 0.0853. The minimum atomic E-state index is -0.825. The second-order valence-electron chi connectivity index (χ2n) is 9.47. The number of ether oxygens (including phenoxy) is 1. The molecule has 0 aromatic carbocycles. The average molecular weight is 422 g/mol. The Hall–Kier alpha value is -1.73. The van der Waals surface area contributed by atoms with Crippen LogP contribution in [-0.4, -0.2) is 65.9 Å². The molecule has 0 spiro atoms. The van der Waals surface area contributed by atoms with E-state index < -0.39 is 11.1 Å². The number of fused-ring (bicyclic) bond motifs is 2. The number of hydrogen-bond acceptors (Lipinski definition) is 6. The summed E-state index contributed by atoms with van der Waals surface area (Å²) in [7, 11) is 0. The largest absolute Gasteiger partial charge is 0.445 e. The molecule has 170 valence electrons. The summed E-state index contributed by atoms with van der Waals surface area (Å²) in [5.41, 5.74) is -1.56. The highest BCUT2D eigenvalue weighted by Crippen LogP contribution is 2.26. The zero-order valence-electron chi connectivity index (χ0n) is 19.3. The second kappa shape index (κ2) is 10.5. The molecule has 2 atom stereocenters. The molecule has 30 heavy (non-hydrogen) atoms. The number of allylic oxidation sites excluding steroid dienone is 1. The van der Waals surface area contributed by atoms with Gasteiger partial charge in [-0.2, -0.15) is 0 Å². The lowest BCUT2D eigenvalue weighted by atomic mass is 9.83. The molecule has 7 heteroatoms. The molecule has 7 nitrogen and oxygen atoms in total. The van der Waals surface area contributed by atoms with Crippen LogP contribution in [0.2, 0.25) is 0 Å². The minimum Gasteiger partial charge on any atom is -0.445 e. The van der Waals surface area contributed by atoms with Crippen LogP contribution in [0.15, 0.2) is 12.2 Å². The lowest BCUT2D eigenvalue weighted by Gasteiger charge is -2.35. The number of Topliss-reactive ketones (excluding diaryl/α,β-unsaturated/α-hetero) is 2. The SMILES string of the molecule is CC(C)N[C@]12CCN(C1)C(=O)OCC=CCCCC[C@@](C)(C(=O)C(C)C)NCC2=O. The standard InChI is InChI=1S/C23H39N3O4/c1-17(2)20(28)22(5)11-9-7-6-8-10-14-30-21(29)26-13-12-23(16-26,25-18(3)4)19(27)15-24-22/h8,10,17-18,24-25H,6-7,9,11-16H2,1-5H3/t22-,23+/m0/s1. The smallest absolute Gasteiger partial charge is 0.410 e. The number of cyclic esters (lactones) is 1. The van der Waals surface area contributed by atoms with E-state index >= 15 is 0 Å². The maximum absolute atomic E-state index is 13.4. The topological polar surface area (TPSA) is 87.7 Å². The Morgan fingerprint density at radius 2 is 1.90 bits per heavy atom. The van der Waals surface area contributed by atoms with Gasteiger partial charge in [0, 0.05) is 25.0 Å².